The minimum absolute atomic E-state index is 1.25. The topological polar surface area (TPSA) is 12.0 Å². The summed E-state index contributed by atoms with van der Waals surface area (Å²) in [4.78, 5) is 0. The minimum Gasteiger partial charge on any atom is -0.317 e. The smallest absolute Gasteiger partial charge is 0.00489 e. The Labute approximate surface area is 180 Å². The standard InChI is InChI=1S/C27H57N/c1-3-5-7-9-11-13-15-17-19-21-23-25-27-28-26-24-22-20-18-16-14-12-10-8-6-4-2/h28H,3-27H2,1-2H3. The van der Waals surface area contributed by atoms with E-state index in [4.69, 9.17) is 0 Å². The molecule has 0 fully saturated rings. The molecule has 0 bridgehead atoms. The summed E-state index contributed by atoms with van der Waals surface area (Å²) < 4.78 is 0. The predicted molar refractivity (Wildman–Crippen MR) is 130 cm³/mol. The molecule has 0 radical (unpaired) electrons. The van der Waals surface area contributed by atoms with E-state index in [0.29, 0.717) is 0 Å². The van der Waals surface area contributed by atoms with Gasteiger partial charge in [0, 0.05) is 0 Å². The Morgan fingerprint density at radius 2 is 0.500 bits per heavy atom. The predicted octanol–water partition coefficient (Wildman–Crippen LogP) is 9.59. The van der Waals surface area contributed by atoms with Crippen LogP contribution in [0.25, 0.3) is 0 Å². The third kappa shape index (κ3) is 26.0. The van der Waals surface area contributed by atoms with Crippen LogP contribution in [0.5, 0.6) is 0 Å². The van der Waals surface area contributed by atoms with Crippen molar-refractivity contribution in [3.8, 4) is 0 Å². The molecule has 0 aromatic rings. The molecule has 1 N–H and O–H groups in total. The van der Waals surface area contributed by atoms with Crippen molar-refractivity contribution in [2.24, 2.45) is 0 Å². The van der Waals surface area contributed by atoms with Gasteiger partial charge in [-0.15, -0.1) is 0 Å². The summed E-state index contributed by atoms with van der Waals surface area (Å²) in [6.45, 7) is 7.09. The van der Waals surface area contributed by atoms with E-state index in [9.17, 15) is 0 Å². The molecule has 0 saturated carbocycles. The second-order valence-electron chi connectivity index (χ2n) is 9.17. The number of hydrogen-bond acceptors (Lipinski definition) is 1. The number of unbranched alkanes of at least 4 members (excludes halogenated alkanes) is 21. The van der Waals surface area contributed by atoms with Crippen molar-refractivity contribution in [1.29, 1.82) is 0 Å². The van der Waals surface area contributed by atoms with Crippen molar-refractivity contribution in [2.45, 2.75) is 162 Å². The van der Waals surface area contributed by atoms with Crippen LogP contribution in [0.2, 0.25) is 0 Å². The number of nitrogens with one attached hydrogen (secondary N) is 1. The Morgan fingerprint density at radius 1 is 0.286 bits per heavy atom. The molecule has 0 aromatic heterocycles. The summed E-state index contributed by atoms with van der Waals surface area (Å²) in [6, 6.07) is 0. The normalized spacial score (nSPS) is 11.4. The summed E-state index contributed by atoms with van der Waals surface area (Å²) in [5.41, 5.74) is 0. The first-order chi connectivity index (χ1) is 13.9. The zero-order valence-corrected chi connectivity index (χ0v) is 20.2. The van der Waals surface area contributed by atoms with Gasteiger partial charge in [-0.1, -0.05) is 149 Å². The van der Waals surface area contributed by atoms with E-state index in [1.54, 1.807) is 0 Å². The molecule has 28 heavy (non-hydrogen) atoms. The largest absolute Gasteiger partial charge is 0.317 e. The van der Waals surface area contributed by atoms with E-state index in [-0.39, 0.29) is 0 Å². The molecule has 0 saturated heterocycles. The molecule has 0 aromatic carbocycles. The summed E-state index contributed by atoms with van der Waals surface area (Å²) >= 11 is 0. The maximum atomic E-state index is 3.65. The molecule has 1 nitrogen and oxygen atoms in total. The molecule has 0 unspecified atom stereocenters. The van der Waals surface area contributed by atoms with Crippen LogP contribution in [0, 0.1) is 0 Å². The van der Waals surface area contributed by atoms with Gasteiger partial charge in [-0.05, 0) is 25.9 Å². The SMILES string of the molecule is CCCCCCCCCCCCCCNCCCCCCCCCCCCC. The fraction of sp³-hybridized carbons (Fsp3) is 1.00. The fourth-order valence-corrected chi connectivity index (χ4v) is 4.13. The van der Waals surface area contributed by atoms with E-state index in [2.05, 4.69) is 19.2 Å². The third-order valence-corrected chi connectivity index (χ3v) is 6.16. The first kappa shape index (κ1) is 28.0. The van der Waals surface area contributed by atoms with E-state index in [0.717, 1.165) is 0 Å². The molecule has 0 atom stereocenters. The van der Waals surface area contributed by atoms with Crippen LogP contribution in [-0.2, 0) is 0 Å². The van der Waals surface area contributed by atoms with Crippen molar-refractivity contribution >= 4 is 0 Å². The van der Waals surface area contributed by atoms with Crippen LogP contribution in [0.3, 0.4) is 0 Å². The van der Waals surface area contributed by atoms with Gasteiger partial charge in [0.25, 0.3) is 0 Å². The van der Waals surface area contributed by atoms with E-state index in [1.165, 1.54) is 161 Å². The second kappa shape index (κ2) is 27.0. The number of rotatable bonds is 25. The Hall–Kier alpha value is -0.0400. The fourth-order valence-electron chi connectivity index (χ4n) is 4.13. The summed E-state index contributed by atoms with van der Waals surface area (Å²) in [7, 11) is 0. The second-order valence-corrected chi connectivity index (χ2v) is 9.17. The molecule has 0 aliphatic carbocycles. The van der Waals surface area contributed by atoms with Crippen LogP contribution in [0.1, 0.15) is 162 Å². The van der Waals surface area contributed by atoms with Gasteiger partial charge in [0.05, 0.1) is 0 Å². The van der Waals surface area contributed by atoms with Gasteiger partial charge < -0.3 is 5.32 Å². The summed E-state index contributed by atoms with van der Waals surface area (Å²) in [5, 5.41) is 3.65. The Bertz CT molecular complexity index is 225. The maximum absolute atomic E-state index is 3.65. The van der Waals surface area contributed by atoms with Gasteiger partial charge in [0.1, 0.15) is 0 Å². The highest BCUT2D eigenvalue weighted by atomic mass is 14.8. The lowest BCUT2D eigenvalue weighted by Gasteiger charge is -2.06. The van der Waals surface area contributed by atoms with Gasteiger partial charge in [-0.2, -0.15) is 0 Å². The van der Waals surface area contributed by atoms with Gasteiger partial charge in [0.15, 0.2) is 0 Å². The van der Waals surface area contributed by atoms with E-state index >= 15 is 0 Å². The Morgan fingerprint density at radius 3 is 0.750 bits per heavy atom. The van der Waals surface area contributed by atoms with Crippen molar-refractivity contribution in [2.75, 3.05) is 13.1 Å². The molecule has 0 amide bonds. The zero-order chi connectivity index (χ0) is 20.4. The molecule has 1 heteroatoms. The molecule has 0 spiro atoms. The van der Waals surface area contributed by atoms with Crippen LogP contribution < -0.4 is 5.32 Å². The Kier molecular flexibility index (Phi) is 26.9. The molecule has 0 aliphatic heterocycles. The van der Waals surface area contributed by atoms with Crippen molar-refractivity contribution < 1.29 is 0 Å². The molecule has 0 heterocycles. The highest BCUT2D eigenvalue weighted by Gasteiger charge is 1.95. The van der Waals surface area contributed by atoms with Crippen LogP contribution in [0.15, 0.2) is 0 Å². The van der Waals surface area contributed by atoms with Crippen molar-refractivity contribution in [3.63, 3.8) is 0 Å². The minimum atomic E-state index is 1.25. The van der Waals surface area contributed by atoms with Crippen LogP contribution >= 0.6 is 0 Å². The highest BCUT2D eigenvalue weighted by molar-refractivity contribution is 4.53. The molecule has 0 rings (SSSR count). The van der Waals surface area contributed by atoms with Crippen molar-refractivity contribution in [1.82, 2.24) is 5.32 Å². The third-order valence-electron chi connectivity index (χ3n) is 6.16. The lowest BCUT2D eigenvalue weighted by atomic mass is 10.1. The first-order valence-corrected chi connectivity index (χ1v) is 13.6. The molecular weight excluding hydrogens is 338 g/mol. The Balaban J connectivity index is 2.96. The average Bonchev–Trinajstić information content (AvgIpc) is 2.71. The lowest BCUT2D eigenvalue weighted by Crippen LogP contribution is -2.16. The first-order valence-electron chi connectivity index (χ1n) is 13.6. The quantitative estimate of drug-likeness (QED) is 0.152. The van der Waals surface area contributed by atoms with Gasteiger partial charge in [-0.3, -0.25) is 0 Å². The monoisotopic (exact) mass is 395 g/mol. The van der Waals surface area contributed by atoms with Crippen LogP contribution in [-0.4, -0.2) is 13.1 Å². The van der Waals surface area contributed by atoms with Gasteiger partial charge >= 0.3 is 0 Å². The van der Waals surface area contributed by atoms with Gasteiger partial charge in [-0.25, -0.2) is 0 Å². The summed E-state index contributed by atoms with van der Waals surface area (Å²) in [5.74, 6) is 0. The number of hydrogen-bond donors (Lipinski definition) is 1. The highest BCUT2D eigenvalue weighted by Crippen LogP contribution is 2.12. The van der Waals surface area contributed by atoms with Gasteiger partial charge in [0.2, 0.25) is 0 Å². The maximum Gasteiger partial charge on any atom is -0.00489 e. The zero-order valence-electron chi connectivity index (χ0n) is 20.2. The van der Waals surface area contributed by atoms with E-state index in [1.807, 2.05) is 0 Å². The molecule has 170 valence electrons. The molecular formula is C27H57N. The van der Waals surface area contributed by atoms with Crippen molar-refractivity contribution in [3.05, 3.63) is 0 Å². The molecule has 0 aliphatic rings. The summed E-state index contributed by atoms with van der Waals surface area (Å²) in [6.07, 6.45) is 33.3. The average molecular weight is 396 g/mol. The lowest BCUT2D eigenvalue weighted by molar-refractivity contribution is 0.522. The van der Waals surface area contributed by atoms with Crippen LogP contribution in [0.4, 0.5) is 0 Å². The van der Waals surface area contributed by atoms with E-state index < -0.39 is 0 Å².